The normalized spacial score (nSPS) is 20.5. The monoisotopic (exact) mass is 307 g/mol. The van der Waals surface area contributed by atoms with Crippen molar-refractivity contribution in [2.75, 3.05) is 13.1 Å². The minimum atomic E-state index is -0.212. The van der Waals surface area contributed by atoms with Crippen LogP contribution < -0.4 is 0 Å². The summed E-state index contributed by atoms with van der Waals surface area (Å²) in [6, 6.07) is 4.11. The Bertz CT molecular complexity index is 559. The number of aliphatic hydroxyl groups excluding tert-OH is 1. The van der Waals surface area contributed by atoms with Crippen LogP contribution in [0.3, 0.4) is 0 Å². The number of aromatic nitrogens is 2. The predicted molar refractivity (Wildman–Crippen MR) is 82.0 cm³/mol. The van der Waals surface area contributed by atoms with Gasteiger partial charge < -0.3 is 9.63 Å². The molecule has 21 heavy (non-hydrogen) atoms. The lowest BCUT2D eigenvalue weighted by molar-refractivity contribution is 0.0524. The Morgan fingerprint density at radius 2 is 2.14 bits per heavy atom. The standard InChI is InChI=1S/C15H21N3O2S/c1-10(18-7-5-12(6-8-18)11(2)19)15-16-14(17-20-15)13-4-3-9-21-13/h3-4,9-12,19H,5-8H2,1-2H3. The smallest absolute Gasteiger partial charge is 0.244 e. The summed E-state index contributed by atoms with van der Waals surface area (Å²) in [5.41, 5.74) is 0. The van der Waals surface area contributed by atoms with Crippen LogP contribution in [-0.2, 0) is 0 Å². The maximum absolute atomic E-state index is 9.67. The molecule has 0 aliphatic carbocycles. The lowest BCUT2D eigenvalue weighted by Crippen LogP contribution is -2.38. The van der Waals surface area contributed by atoms with E-state index in [0.717, 1.165) is 30.8 Å². The van der Waals surface area contributed by atoms with Crippen LogP contribution in [0, 0.1) is 5.92 Å². The Kier molecular flexibility index (Phi) is 4.37. The van der Waals surface area contributed by atoms with Gasteiger partial charge in [0.05, 0.1) is 17.0 Å². The molecule has 2 unspecified atom stereocenters. The van der Waals surface area contributed by atoms with Crippen molar-refractivity contribution in [3.63, 3.8) is 0 Å². The van der Waals surface area contributed by atoms with Gasteiger partial charge in [-0.25, -0.2) is 0 Å². The number of rotatable bonds is 4. The van der Waals surface area contributed by atoms with Crippen molar-refractivity contribution < 1.29 is 9.63 Å². The van der Waals surface area contributed by atoms with Gasteiger partial charge in [-0.15, -0.1) is 11.3 Å². The van der Waals surface area contributed by atoms with Crippen molar-refractivity contribution in [2.45, 2.75) is 38.8 Å². The van der Waals surface area contributed by atoms with E-state index in [1.807, 2.05) is 24.4 Å². The molecule has 1 saturated heterocycles. The number of hydrogen-bond acceptors (Lipinski definition) is 6. The Labute approximate surface area is 128 Å². The van der Waals surface area contributed by atoms with Crippen molar-refractivity contribution in [3.05, 3.63) is 23.4 Å². The first-order chi connectivity index (χ1) is 10.1. The molecule has 2 aromatic heterocycles. The number of piperidine rings is 1. The Hall–Kier alpha value is -1.24. The highest BCUT2D eigenvalue weighted by atomic mass is 32.1. The third-order valence-corrected chi connectivity index (χ3v) is 5.21. The Morgan fingerprint density at radius 1 is 1.38 bits per heavy atom. The van der Waals surface area contributed by atoms with Crippen LogP contribution >= 0.6 is 11.3 Å². The maximum Gasteiger partial charge on any atom is 0.244 e. The molecule has 1 N–H and O–H groups in total. The van der Waals surface area contributed by atoms with E-state index < -0.39 is 0 Å². The average molecular weight is 307 g/mol. The van der Waals surface area contributed by atoms with E-state index in [2.05, 4.69) is 22.0 Å². The zero-order valence-corrected chi connectivity index (χ0v) is 13.2. The summed E-state index contributed by atoms with van der Waals surface area (Å²) < 4.78 is 5.43. The number of aliphatic hydroxyl groups is 1. The maximum atomic E-state index is 9.67. The molecule has 0 saturated carbocycles. The molecule has 5 nitrogen and oxygen atoms in total. The van der Waals surface area contributed by atoms with Crippen molar-refractivity contribution >= 4 is 11.3 Å². The summed E-state index contributed by atoms with van der Waals surface area (Å²) in [6.07, 6.45) is 1.83. The van der Waals surface area contributed by atoms with Gasteiger partial charge in [-0.3, -0.25) is 4.90 Å². The summed E-state index contributed by atoms with van der Waals surface area (Å²) in [5, 5.41) is 15.8. The molecule has 0 spiro atoms. The highest BCUT2D eigenvalue weighted by molar-refractivity contribution is 7.13. The molecule has 1 fully saturated rings. The molecule has 1 aliphatic heterocycles. The largest absolute Gasteiger partial charge is 0.393 e. The first-order valence-corrected chi connectivity index (χ1v) is 8.32. The van der Waals surface area contributed by atoms with E-state index >= 15 is 0 Å². The van der Waals surface area contributed by atoms with Crippen LogP contribution in [0.5, 0.6) is 0 Å². The van der Waals surface area contributed by atoms with Gasteiger partial charge in [-0.1, -0.05) is 11.2 Å². The third-order valence-electron chi connectivity index (χ3n) is 4.34. The second-order valence-electron chi connectivity index (χ2n) is 5.72. The van der Waals surface area contributed by atoms with Gasteiger partial charge >= 0.3 is 0 Å². The highest BCUT2D eigenvalue weighted by Gasteiger charge is 2.28. The fourth-order valence-electron chi connectivity index (χ4n) is 2.86. The molecule has 0 bridgehead atoms. The summed E-state index contributed by atoms with van der Waals surface area (Å²) in [7, 11) is 0. The Balaban J connectivity index is 1.65. The topological polar surface area (TPSA) is 62.4 Å². The van der Waals surface area contributed by atoms with Gasteiger partial charge in [-0.2, -0.15) is 4.98 Å². The molecule has 0 amide bonds. The van der Waals surface area contributed by atoms with E-state index in [9.17, 15) is 5.11 Å². The van der Waals surface area contributed by atoms with Crippen LogP contribution in [0.15, 0.2) is 22.0 Å². The molecule has 3 rings (SSSR count). The molecule has 2 aromatic rings. The van der Waals surface area contributed by atoms with Crippen molar-refractivity contribution in [1.29, 1.82) is 0 Å². The predicted octanol–water partition coefficient (Wildman–Crippen LogP) is 2.95. The first kappa shape index (κ1) is 14.7. The van der Waals surface area contributed by atoms with Gasteiger partial charge in [0.25, 0.3) is 0 Å². The van der Waals surface area contributed by atoms with Crippen LogP contribution in [-0.4, -0.2) is 39.3 Å². The van der Waals surface area contributed by atoms with Crippen molar-refractivity contribution in [3.8, 4) is 10.7 Å². The van der Waals surface area contributed by atoms with E-state index in [4.69, 9.17) is 4.52 Å². The van der Waals surface area contributed by atoms with Crippen LogP contribution in [0.4, 0.5) is 0 Å². The summed E-state index contributed by atoms with van der Waals surface area (Å²) >= 11 is 1.61. The molecule has 2 atom stereocenters. The summed E-state index contributed by atoms with van der Waals surface area (Å²) in [4.78, 5) is 7.91. The van der Waals surface area contributed by atoms with Gasteiger partial charge in [-0.05, 0) is 57.1 Å². The van der Waals surface area contributed by atoms with Crippen LogP contribution in [0.25, 0.3) is 10.7 Å². The van der Waals surface area contributed by atoms with Gasteiger partial charge in [0, 0.05) is 0 Å². The molecular weight excluding hydrogens is 286 g/mol. The van der Waals surface area contributed by atoms with Crippen LogP contribution in [0.1, 0.15) is 38.6 Å². The first-order valence-electron chi connectivity index (χ1n) is 7.44. The minimum absolute atomic E-state index is 0.126. The molecular formula is C15H21N3O2S. The second-order valence-corrected chi connectivity index (χ2v) is 6.67. The number of nitrogens with zero attached hydrogens (tertiary/aromatic N) is 3. The highest BCUT2D eigenvalue weighted by Crippen LogP contribution is 2.29. The van der Waals surface area contributed by atoms with E-state index in [1.54, 1.807) is 11.3 Å². The number of hydrogen-bond donors (Lipinski definition) is 1. The van der Waals surface area contributed by atoms with Crippen molar-refractivity contribution in [2.24, 2.45) is 5.92 Å². The van der Waals surface area contributed by atoms with E-state index in [-0.39, 0.29) is 12.1 Å². The van der Waals surface area contributed by atoms with E-state index in [0.29, 0.717) is 17.6 Å². The second kappa shape index (κ2) is 6.25. The molecule has 0 aromatic carbocycles. The molecule has 3 heterocycles. The Morgan fingerprint density at radius 3 is 2.76 bits per heavy atom. The van der Waals surface area contributed by atoms with Gasteiger partial charge in [0.15, 0.2) is 0 Å². The molecule has 1 aliphatic rings. The quantitative estimate of drug-likeness (QED) is 0.941. The summed E-state index contributed by atoms with van der Waals surface area (Å²) in [6.45, 7) is 5.92. The van der Waals surface area contributed by atoms with Gasteiger partial charge in [0.1, 0.15) is 0 Å². The number of thiophene rings is 1. The molecule has 6 heteroatoms. The zero-order chi connectivity index (χ0) is 14.8. The fourth-order valence-corrected chi connectivity index (χ4v) is 3.51. The third kappa shape index (κ3) is 3.17. The van der Waals surface area contributed by atoms with Gasteiger partial charge in [0.2, 0.25) is 11.7 Å². The van der Waals surface area contributed by atoms with E-state index in [1.165, 1.54) is 0 Å². The average Bonchev–Trinajstić information content (AvgIpc) is 3.17. The zero-order valence-electron chi connectivity index (χ0n) is 12.4. The SMILES string of the molecule is CC(O)C1CCN(C(C)c2nc(-c3cccs3)no2)CC1. The van der Waals surface area contributed by atoms with Crippen LogP contribution in [0.2, 0.25) is 0 Å². The molecule has 114 valence electrons. The lowest BCUT2D eigenvalue weighted by Gasteiger charge is -2.35. The molecule has 0 radical (unpaired) electrons. The number of likely N-dealkylation sites (tertiary alicyclic amines) is 1. The summed E-state index contributed by atoms with van der Waals surface area (Å²) in [5.74, 6) is 1.76. The fraction of sp³-hybridized carbons (Fsp3) is 0.600. The minimum Gasteiger partial charge on any atom is -0.393 e. The lowest BCUT2D eigenvalue weighted by atomic mass is 9.91. The van der Waals surface area contributed by atoms with Crippen molar-refractivity contribution in [1.82, 2.24) is 15.0 Å².